The van der Waals surface area contributed by atoms with E-state index in [1.807, 2.05) is 6.07 Å². The van der Waals surface area contributed by atoms with Gasteiger partial charge in [0.15, 0.2) is 0 Å². The Kier molecular flexibility index (Phi) is 4.99. The van der Waals surface area contributed by atoms with Crippen molar-refractivity contribution in [1.29, 1.82) is 0 Å². The number of rotatable bonds is 3. The lowest BCUT2D eigenvalue weighted by Gasteiger charge is -2.38. The molecule has 1 aliphatic heterocycles. The van der Waals surface area contributed by atoms with Gasteiger partial charge < -0.3 is 4.74 Å². The van der Waals surface area contributed by atoms with Crippen molar-refractivity contribution in [3.05, 3.63) is 39.9 Å². The minimum absolute atomic E-state index is 0.0329. The molecule has 120 valence electrons. The molecule has 0 bridgehead atoms. The van der Waals surface area contributed by atoms with Crippen molar-refractivity contribution in [2.24, 2.45) is 5.92 Å². The van der Waals surface area contributed by atoms with Gasteiger partial charge in [0.25, 0.3) is 5.69 Å². The van der Waals surface area contributed by atoms with E-state index in [-0.39, 0.29) is 28.2 Å². The molecule has 1 aliphatic carbocycles. The molecule has 5 heteroatoms. The molecule has 1 heterocycles. The number of nitrogens with zero attached hydrogens (tertiary/aromatic N) is 1. The average molecular weight is 324 g/mol. The average Bonchev–Trinajstić information content (AvgIpc) is 2.55. The molecule has 1 aromatic carbocycles. The molecule has 1 aromatic rings. The fourth-order valence-electron chi connectivity index (χ4n) is 3.84. The van der Waals surface area contributed by atoms with Gasteiger partial charge in [-0.05, 0) is 37.7 Å². The number of hydrogen-bond acceptors (Lipinski definition) is 3. The lowest BCUT2D eigenvalue weighted by atomic mass is 9.81. The van der Waals surface area contributed by atoms with E-state index in [2.05, 4.69) is 0 Å². The Morgan fingerprint density at radius 1 is 1.14 bits per heavy atom. The second-order valence-corrected chi connectivity index (χ2v) is 7.06. The number of nitro groups is 1. The number of nitro benzene ring substituents is 1. The van der Waals surface area contributed by atoms with Gasteiger partial charge in [0.2, 0.25) is 0 Å². The number of ether oxygens (including phenoxy) is 1. The summed E-state index contributed by atoms with van der Waals surface area (Å²) in [5, 5.41) is 11.3. The van der Waals surface area contributed by atoms with E-state index in [4.69, 9.17) is 16.3 Å². The Morgan fingerprint density at radius 3 is 2.59 bits per heavy atom. The summed E-state index contributed by atoms with van der Waals surface area (Å²) in [7, 11) is 0. The second-order valence-electron chi connectivity index (χ2n) is 6.45. The SMILES string of the molecule is O=[N+]([O-])c1ccccc1[C@H]1C[C@@H](Cl)C[C@@H](C2CCCCC2)O1. The number of alkyl halides is 1. The Labute approximate surface area is 136 Å². The zero-order valence-corrected chi connectivity index (χ0v) is 13.4. The molecule has 4 nitrogen and oxygen atoms in total. The predicted molar refractivity (Wildman–Crippen MR) is 86.2 cm³/mol. The maximum atomic E-state index is 11.2. The van der Waals surface area contributed by atoms with Crippen molar-refractivity contribution in [3.8, 4) is 0 Å². The maximum absolute atomic E-state index is 11.2. The lowest BCUT2D eigenvalue weighted by Crippen LogP contribution is -2.35. The van der Waals surface area contributed by atoms with Crippen LogP contribution in [0.1, 0.15) is 56.6 Å². The molecular formula is C17H22ClNO3. The summed E-state index contributed by atoms with van der Waals surface area (Å²) in [6.07, 6.45) is 7.60. The molecule has 3 atom stereocenters. The largest absolute Gasteiger partial charge is 0.370 e. The van der Waals surface area contributed by atoms with Crippen LogP contribution in [0.3, 0.4) is 0 Å². The highest BCUT2D eigenvalue weighted by molar-refractivity contribution is 6.20. The van der Waals surface area contributed by atoms with Crippen LogP contribution in [0.25, 0.3) is 0 Å². The fourth-order valence-corrected chi connectivity index (χ4v) is 4.18. The van der Waals surface area contributed by atoms with Crippen LogP contribution in [0, 0.1) is 16.0 Å². The highest BCUT2D eigenvalue weighted by atomic mass is 35.5. The lowest BCUT2D eigenvalue weighted by molar-refractivity contribution is -0.386. The molecule has 0 amide bonds. The summed E-state index contributed by atoms with van der Waals surface area (Å²) >= 11 is 6.46. The van der Waals surface area contributed by atoms with Crippen LogP contribution < -0.4 is 0 Å². The number of hydrogen-bond donors (Lipinski definition) is 0. The first-order valence-corrected chi connectivity index (χ1v) is 8.61. The Balaban J connectivity index is 1.80. The van der Waals surface area contributed by atoms with Gasteiger partial charge in [0.05, 0.1) is 22.7 Å². The molecule has 0 spiro atoms. The van der Waals surface area contributed by atoms with E-state index >= 15 is 0 Å². The van der Waals surface area contributed by atoms with Crippen molar-refractivity contribution in [3.63, 3.8) is 0 Å². The molecule has 0 N–H and O–H groups in total. The molecule has 0 radical (unpaired) electrons. The van der Waals surface area contributed by atoms with Gasteiger partial charge in [-0.2, -0.15) is 0 Å². The van der Waals surface area contributed by atoms with Gasteiger partial charge in [-0.1, -0.05) is 31.4 Å². The normalized spacial score (nSPS) is 30.1. The zero-order valence-electron chi connectivity index (χ0n) is 12.6. The van der Waals surface area contributed by atoms with Crippen LogP contribution >= 0.6 is 11.6 Å². The van der Waals surface area contributed by atoms with Crippen molar-refractivity contribution < 1.29 is 9.66 Å². The molecular weight excluding hydrogens is 302 g/mol. The highest BCUT2D eigenvalue weighted by Gasteiger charge is 2.36. The van der Waals surface area contributed by atoms with Gasteiger partial charge in [-0.3, -0.25) is 10.1 Å². The summed E-state index contributed by atoms with van der Waals surface area (Å²) in [6.45, 7) is 0. The third kappa shape index (κ3) is 3.44. The van der Waals surface area contributed by atoms with E-state index in [1.165, 1.54) is 32.1 Å². The Morgan fingerprint density at radius 2 is 1.86 bits per heavy atom. The predicted octanol–water partition coefficient (Wildman–Crippen LogP) is 5.00. The van der Waals surface area contributed by atoms with Crippen LogP contribution in [0.4, 0.5) is 5.69 Å². The minimum Gasteiger partial charge on any atom is -0.370 e. The van der Waals surface area contributed by atoms with Gasteiger partial charge in [-0.15, -0.1) is 11.6 Å². The smallest absolute Gasteiger partial charge is 0.275 e. The quantitative estimate of drug-likeness (QED) is 0.446. The summed E-state index contributed by atoms with van der Waals surface area (Å²) in [5.74, 6) is 0.556. The van der Waals surface area contributed by atoms with E-state index in [0.29, 0.717) is 17.9 Å². The standard InChI is InChI=1S/C17H22ClNO3/c18-13-10-16(12-6-2-1-3-7-12)22-17(11-13)14-8-4-5-9-15(14)19(20)21/h4-5,8-9,12-13,16-17H,1-3,6-7,10-11H2/t13-,16-,17+/m0/s1. The zero-order chi connectivity index (χ0) is 15.5. The van der Waals surface area contributed by atoms with E-state index in [0.717, 1.165) is 6.42 Å². The van der Waals surface area contributed by atoms with Crippen LogP contribution in [-0.4, -0.2) is 16.4 Å². The summed E-state index contributed by atoms with van der Waals surface area (Å²) in [6, 6.07) is 6.88. The van der Waals surface area contributed by atoms with Crippen molar-refractivity contribution in [1.82, 2.24) is 0 Å². The Hall–Kier alpha value is -1.13. The molecule has 0 aromatic heterocycles. The molecule has 2 fully saturated rings. The molecule has 2 aliphatic rings. The van der Waals surface area contributed by atoms with Crippen molar-refractivity contribution >= 4 is 17.3 Å². The summed E-state index contributed by atoms with van der Waals surface area (Å²) < 4.78 is 6.28. The van der Waals surface area contributed by atoms with Crippen LogP contribution in [-0.2, 0) is 4.74 Å². The topological polar surface area (TPSA) is 52.4 Å². The summed E-state index contributed by atoms with van der Waals surface area (Å²) in [4.78, 5) is 10.9. The van der Waals surface area contributed by atoms with Crippen LogP contribution in [0.15, 0.2) is 24.3 Å². The maximum Gasteiger partial charge on any atom is 0.275 e. The van der Waals surface area contributed by atoms with Gasteiger partial charge in [0.1, 0.15) is 0 Å². The molecule has 1 saturated heterocycles. The van der Waals surface area contributed by atoms with Crippen molar-refractivity contribution in [2.45, 2.75) is 62.5 Å². The number of benzene rings is 1. The molecule has 0 unspecified atom stereocenters. The van der Waals surface area contributed by atoms with E-state index < -0.39 is 0 Å². The van der Waals surface area contributed by atoms with Crippen LogP contribution in [0.5, 0.6) is 0 Å². The van der Waals surface area contributed by atoms with Gasteiger partial charge >= 0.3 is 0 Å². The first kappa shape index (κ1) is 15.8. The van der Waals surface area contributed by atoms with Gasteiger partial charge in [-0.25, -0.2) is 0 Å². The van der Waals surface area contributed by atoms with Crippen LogP contribution in [0.2, 0.25) is 0 Å². The summed E-state index contributed by atoms with van der Waals surface area (Å²) in [5.41, 5.74) is 0.805. The number of halogens is 1. The fraction of sp³-hybridized carbons (Fsp3) is 0.647. The molecule has 3 rings (SSSR count). The number of para-hydroxylation sites is 1. The third-order valence-electron chi connectivity index (χ3n) is 4.95. The molecule has 1 saturated carbocycles. The minimum atomic E-state index is -0.327. The molecule has 22 heavy (non-hydrogen) atoms. The van der Waals surface area contributed by atoms with Crippen molar-refractivity contribution in [2.75, 3.05) is 0 Å². The Bertz CT molecular complexity index is 530. The van der Waals surface area contributed by atoms with Gasteiger partial charge in [0, 0.05) is 11.4 Å². The second kappa shape index (κ2) is 6.97. The van der Waals surface area contributed by atoms with E-state index in [1.54, 1.807) is 18.2 Å². The first-order valence-electron chi connectivity index (χ1n) is 8.18. The third-order valence-corrected chi connectivity index (χ3v) is 5.31. The first-order chi connectivity index (χ1) is 10.6. The van der Waals surface area contributed by atoms with E-state index in [9.17, 15) is 10.1 Å². The monoisotopic (exact) mass is 323 g/mol. The highest BCUT2D eigenvalue weighted by Crippen LogP contribution is 2.42.